The van der Waals surface area contributed by atoms with E-state index in [2.05, 4.69) is 16.0 Å². The average Bonchev–Trinajstić information content (AvgIpc) is 3.13. The van der Waals surface area contributed by atoms with Gasteiger partial charge in [-0.1, -0.05) is 23.8 Å². The number of hydrogen-bond donors (Lipinski definition) is 1. The molecule has 0 amide bonds. The average molecular weight is 342 g/mol. The predicted molar refractivity (Wildman–Crippen MR) is 103 cm³/mol. The van der Waals surface area contributed by atoms with Crippen LogP contribution in [-0.2, 0) is 5.54 Å². The minimum atomic E-state index is -0.684. The number of rotatable bonds is 1. The first-order valence-electron chi connectivity index (χ1n) is 8.67. The van der Waals surface area contributed by atoms with Crippen LogP contribution in [0.1, 0.15) is 23.7 Å². The van der Waals surface area contributed by atoms with E-state index in [0.717, 1.165) is 28.0 Å². The Bertz CT molecular complexity index is 1220. The molecule has 0 fully saturated rings. The van der Waals surface area contributed by atoms with Gasteiger partial charge < -0.3 is 14.3 Å². The van der Waals surface area contributed by atoms with Crippen molar-refractivity contribution in [3.8, 4) is 5.69 Å². The van der Waals surface area contributed by atoms with Gasteiger partial charge in [0.25, 0.3) is 0 Å². The minimum absolute atomic E-state index is 0.316. The van der Waals surface area contributed by atoms with Crippen LogP contribution in [0.25, 0.3) is 16.7 Å². The van der Waals surface area contributed by atoms with Gasteiger partial charge in [0.1, 0.15) is 11.1 Å². The van der Waals surface area contributed by atoms with Gasteiger partial charge in [-0.05, 0) is 56.3 Å². The second kappa shape index (κ2) is 5.11. The van der Waals surface area contributed by atoms with Crippen molar-refractivity contribution in [1.29, 1.82) is 0 Å². The highest BCUT2D eigenvalue weighted by Gasteiger charge is 2.38. The van der Waals surface area contributed by atoms with E-state index in [0.29, 0.717) is 11.1 Å². The third-order valence-corrected chi connectivity index (χ3v) is 5.24. The molecule has 0 spiro atoms. The van der Waals surface area contributed by atoms with E-state index in [9.17, 15) is 4.79 Å². The fourth-order valence-corrected chi connectivity index (χ4v) is 3.92. The molecule has 1 atom stereocenters. The molecule has 1 N–H and O–H groups in total. The van der Waals surface area contributed by atoms with E-state index >= 15 is 0 Å². The molecule has 0 aliphatic carbocycles. The molecule has 3 heterocycles. The fraction of sp³-hybridized carbons (Fsp3) is 0.136. The van der Waals surface area contributed by atoms with Gasteiger partial charge in [0.05, 0.1) is 22.6 Å². The van der Waals surface area contributed by atoms with Gasteiger partial charge >= 0.3 is 5.63 Å². The molecule has 1 unspecified atom stereocenters. The Balaban J connectivity index is 1.80. The Labute approximate surface area is 150 Å². The maximum atomic E-state index is 12.9. The molecule has 0 bridgehead atoms. The summed E-state index contributed by atoms with van der Waals surface area (Å²) in [5, 5.41) is 4.50. The molecule has 5 rings (SSSR count). The minimum Gasteiger partial charge on any atom is -0.422 e. The maximum Gasteiger partial charge on any atom is 0.342 e. The van der Waals surface area contributed by atoms with E-state index in [1.54, 1.807) is 0 Å². The fourth-order valence-electron chi connectivity index (χ4n) is 3.92. The Morgan fingerprint density at radius 2 is 1.88 bits per heavy atom. The zero-order valence-corrected chi connectivity index (χ0v) is 14.6. The zero-order valence-electron chi connectivity index (χ0n) is 14.6. The van der Waals surface area contributed by atoms with Gasteiger partial charge in [-0.2, -0.15) is 0 Å². The zero-order chi connectivity index (χ0) is 17.9. The van der Waals surface area contributed by atoms with Gasteiger partial charge in [-0.15, -0.1) is 0 Å². The molecule has 0 saturated heterocycles. The predicted octanol–water partition coefficient (Wildman–Crippen LogP) is 4.58. The van der Waals surface area contributed by atoms with Crippen molar-refractivity contribution in [2.75, 3.05) is 5.32 Å². The van der Waals surface area contributed by atoms with Crippen molar-refractivity contribution < 1.29 is 4.42 Å². The summed E-state index contributed by atoms with van der Waals surface area (Å²) in [6, 6.07) is 20.0. The van der Waals surface area contributed by atoms with E-state index in [-0.39, 0.29) is 5.63 Å². The highest BCUT2D eigenvalue weighted by molar-refractivity contribution is 5.79. The summed E-state index contributed by atoms with van der Waals surface area (Å²) >= 11 is 0. The van der Waals surface area contributed by atoms with Crippen LogP contribution in [0.3, 0.4) is 0 Å². The van der Waals surface area contributed by atoms with Crippen LogP contribution in [-0.4, -0.2) is 4.57 Å². The summed E-state index contributed by atoms with van der Waals surface area (Å²) in [6.07, 6.45) is 2.03. The molecule has 4 aromatic rings. The molecule has 2 aromatic carbocycles. The third kappa shape index (κ3) is 1.99. The molecule has 4 nitrogen and oxygen atoms in total. The lowest BCUT2D eigenvalue weighted by Crippen LogP contribution is -2.42. The number of hydrogen-bond acceptors (Lipinski definition) is 3. The number of aryl methyl sites for hydroxylation is 1. The van der Waals surface area contributed by atoms with Gasteiger partial charge in [-0.25, -0.2) is 4.79 Å². The van der Waals surface area contributed by atoms with Gasteiger partial charge in [0.15, 0.2) is 0 Å². The number of nitrogens with one attached hydrogen (secondary N) is 1. The van der Waals surface area contributed by atoms with Crippen molar-refractivity contribution >= 4 is 16.7 Å². The smallest absolute Gasteiger partial charge is 0.342 e. The van der Waals surface area contributed by atoms with Crippen molar-refractivity contribution in [2.45, 2.75) is 19.4 Å². The number of nitrogens with zero attached hydrogens (tertiary/aromatic N) is 1. The third-order valence-electron chi connectivity index (χ3n) is 5.24. The number of anilines is 1. The normalized spacial score (nSPS) is 18.2. The number of aromatic nitrogens is 1. The molecule has 0 saturated carbocycles. The van der Waals surface area contributed by atoms with Crippen LogP contribution in [0.2, 0.25) is 0 Å². The summed E-state index contributed by atoms with van der Waals surface area (Å²) in [5.74, 6) is 0. The number of benzene rings is 2. The van der Waals surface area contributed by atoms with Crippen LogP contribution in [0.5, 0.6) is 0 Å². The van der Waals surface area contributed by atoms with Gasteiger partial charge in [0.2, 0.25) is 0 Å². The molecule has 4 heteroatoms. The molecule has 1 aliphatic rings. The van der Waals surface area contributed by atoms with Gasteiger partial charge in [0, 0.05) is 11.6 Å². The SMILES string of the molecule is Cc1ccc2oc(=O)c(C3(C)Nc4ccccc4-n4cccc43)cc2c1. The Hall–Kier alpha value is -3.27. The van der Waals surface area contributed by atoms with E-state index in [4.69, 9.17) is 4.42 Å². The molecule has 1 aliphatic heterocycles. The second-order valence-corrected chi connectivity index (χ2v) is 7.02. The summed E-state index contributed by atoms with van der Waals surface area (Å²) < 4.78 is 7.77. The van der Waals surface area contributed by atoms with Crippen LogP contribution >= 0.6 is 0 Å². The van der Waals surface area contributed by atoms with E-state index in [1.807, 2.05) is 74.6 Å². The molecule has 26 heavy (non-hydrogen) atoms. The quantitative estimate of drug-likeness (QED) is 0.515. The molecular weight excluding hydrogens is 324 g/mol. The summed E-state index contributed by atoms with van der Waals surface area (Å²) in [4.78, 5) is 12.9. The number of fused-ring (bicyclic) bond motifs is 4. The Morgan fingerprint density at radius 3 is 2.77 bits per heavy atom. The lowest BCUT2D eigenvalue weighted by molar-refractivity contribution is 0.511. The van der Waals surface area contributed by atoms with Crippen LogP contribution in [0.4, 0.5) is 5.69 Å². The van der Waals surface area contributed by atoms with Crippen molar-refractivity contribution in [1.82, 2.24) is 4.57 Å². The van der Waals surface area contributed by atoms with Gasteiger partial charge in [-0.3, -0.25) is 0 Å². The van der Waals surface area contributed by atoms with E-state index < -0.39 is 5.54 Å². The lowest BCUT2D eigenvalue weighted by Gasteiger charge is -2.37. The number of para-hydroxylation sites is 2. The van der Waals surface area contributed by atoms with Crippen molar-refractivity contribution in [3.63, 3.8) is 0 Å². The topological polar surface area (TPSA) is 47.2 Å². The first kappa shape index (κ1) is 15.0. The maximum absolute atomic E-state index is 12.9. The van der Waals surface area contributed by atoms with Crippen LogP contribution < -0.4 is 10.9 Å². The molecular formula is C22H18N2O2. The summed E-state index contributed by atoms with van der Waals surface area (Å²) in [7, 11) is 0. The Morgan fingerprint density at radius 1 is 1.04 bits per heavy atom. The monoisotopic (exact) mass is 342 g/mol. The Kier molecular flexibility index (Phi) is 2.95. The lowest BCUT2D eigenvalue weighted by atomic mass is 9.86. The first-order chi connectivity index (χ1) is 12.6. The van der Waals surface area contributed by atoms with Crippen LogP contribution in [0, 0.1) is 6.92 Å². The molecule has 2 aromatic heterocycles. The largest absolute Gasteiger partial charge is 0.422 e. The second-order valence-electron chi connectivity index (χ2n) is 7.02. The standard InChI is InChI=1S/C22H18N2O2/c1-14-9-10-19-15(12-14)13-16(21(25)26-19)22(2)20-8-5-11-24(20)18-7-4-3-6-17(18)23-22/h3-13,23H,1-2H3. The van der Waals surface area contributed by atoms with E-state index in [1.165, 1.54) is 0 Å². The van der Waals surface area contributed by atoms with Crippen LogP contribution in [0.15, 0.2) is 76.1 Å². The summed E-state index contributed by atoms with van der Waals surface area (Å²) in [6.45, 7) is 4.06. The summed E-state index contributed by atoms with van der Waals surface area (Å²) in [5.41, 5.74) is 4.42. The molecule has 0 radical (unpaired) electrons. The highest BCUT2D eigenvalue weighted by atomic mass is 16.4. The van der Waals surface area contributed by atoms with Crippen molar-refractivity contribution in [3.05, 3.63) is 94.1 Å². The van der Waals surface area contributed by atoms with Crippen molar-refractivity contribution in [2.24, 2.45) is 0 Å². The first-order valence-corrected chi connectivity index (χ1v) is 8.67. The highest BCUT2D eigenvalue weighted by Crippen LogP contribution is 2.40. The molecule has 128 valence electrons.